The number of piperidine rings is 1. The number of nitrogens with zero attached hydrogens (tertiary/aromatic N) is 2. The van der Waals surface area contributed by atoms with Gasteiger partial charge in [-0.25, -0.2) is 4.90 Å². The van der Waals surface area contributed by atoms with Gasteiger partial charge in [0.15, 0.2) is 0 Å². The van der Waals surface area contributed by atoms with Gasteiger partial charge in [-0.15, -0.1) is 0 Å². The van der Waals surface area contributed by atoms with Crippen molar-refractivity contribution in [2.45, 2.75) is 27.2 Å². The Morgan fingerprint density at radius 3 is 2.09 bits per heavy atom. The molecule has 0 spiro atoms. The molecule has 0 saturated carbocycles. The fourth-order valence-corrected chi connectivity index (χ4v) is 4.79. The maximum absolute atomic E-state index is 13.6. The minimum atomic E-state index is -0.356. The molecule has 4 rings (SSSR count). The van der Waals surface area contributed by atoms with Crippen molar-refractivity contribution in [2.75, 3.05) is 23.3 Å². The van der Waals surface area contributed by atoms with Gasteiger partial charge in [-0.1, -0.05) is 37.6 Å². The summed E-state index contributed by atoms with van der Waals surface area (Å²) >= 11 is 6.01. The highest BCUT2D eigenvalue weighted by molar-refractivity contribution is 6.45. The van der Waals surface area contributed by atoms with Crippen LogP contribution in [-0.2, 0) is 14.4 Å². The summed E-state index contributed by atoms with van der Waals surface area (Å²) in [6, 6.07) is 13.7. The Morgan fingerprint density at radius 1 is 0.938 bits per heavy atom. The quantitative estimate of drug-likeness (QED) is 0.692. The number of likely N-dealkylation sites (tertiary alicyclic amines) is 1. The summed E-state index contributed by atoms with van der Waals surface area (Å²) in [4.78, 5) is 41.9. The van der Waals surface area contributed by atoms with Crippen LogP contribution in [0.3, 0.4) is 0 Å². The molecule has 2 aromatic rings. The second-order valence-corrected chi connectivity index (χ2v) is 9.19. The van der Waals surface area contributed by atoms with Crippen LogP contribution in [-0.4, -0.2) is 35.7 Å². The molecule has 1 N–H and O–H groups in total. The molecular weight excluding hydrogens is 426 g/mol. The predicted molar refractivity (Wildman–Crippen MR) is 126 cm³/mol. The molecule has 7 heteroatoms. The van der Waals surface area contributed by atoms with Crippen molar-refractivity contribution in [1.29, 1.82) is 0 Å². The van der Waals surface area contributed by atoms with E-state index in [4.69, 9.17) is 11.6 Å². The van der Waals surface area contributed by atoms with E-state index in [0.29, 0.717) is 45.1 Å². The van der Waals surface area contributed by atoms with Crippen molar-refractivity contribution in [1.82, 2.24) is 4.90 Å². The van der Waals surface area contributed by atoms with E-state index < -0.39 is 0 Å². The average molecular weight is 452 g/mol. The molecule has 166 valence electrons. The first kappa shape index (κ1) is 22.1. The van der Waals surface area contributed by atoms with E-state index in [1.54, 1.807) is 48.5 Å². The second-order valence-electron chi connectivity index (χ2n) is 8.76. The van der Waals surface area contributed by atoms with Gasteiger partial charge in [0, 0.05) is 30.7 Å². The van der Waals surface area contributed by atoms with Gasteiger partial charge < -0.3 is 10.2 Å². The summed E-state index contributed by atoms with van der Waals surface area (Å²) in [5.74, 6) is -0.00993. The van der Waals surface area contributed by atoms with Crippen LogP contribution in [0.25, 0.3) is 5.57 Å². The first-order valence-electron chi connectivity index (χ1n) is 10.8. The molecule has 1 fully saturated rings. The van der Waals surface area contributed by atoms with Gasteiger partial charge in [-0.3, -0.25) is 14.4 Å². The summed E-state index contributed by atoms with van der Waals surface area (Å²) in [5, 5.41) is 3.26. The van der Waals surface area contributed by atoms with Crippen LogP contribution in [0, 0.1) is 11.8 Å². The number of hydrogen-bond acceptors (Lipinski definition) is 4. The minimum absolute atomic E-state index is 0.171. The average Bonchev–Trinajstić information content (AvgIpc) is 2.98. The zero-order valence-corrected chi connectivity index (χ0v) is 19.1. The zero-order valence-electron chi connectivity index (χ0n) is 18.4. The largest absolute Gasteiger partial charge is 0.366 e. The van der Waals surface area contributed by atoms with E-state index in [2.05, 4.69) is 24.1 Å². The van der Waals surface area contributed by atoms with Crippen LogP contribution in [0.1, 0.15) is 32.8 Å². The number of carbonyl (C=O) groups is 3. The number of benzene rings is 2. The van der Waals surface area contributed by atoms with Gasteiger partial charge in [-0.05, 0) is 60.2 Å². The molecule has 2 aliphatic heterocycles. The second kappa shape index (κ2) is 8.79. The highest BCUT2D eigenvalue weighted by Crippen LogP contribution is 2.37. The van der Waals surface area contributed by atoms with Crippen molar-refractivity contribution in [3.63, 3.8) is 0 Å². The number of anilines is 2. The lowest BCUT2D eigenvalue weighted by molar-refractivity contribution is -0.121. The van der Waals surface area contributed by atoms with Gasteiger partial charge >= 0.3 is 0 Å². The monoisotopic (exact) mass is 451 g/mol. The van der Waals surface area contributed by atoms with E-state index in [1.807, 2.05) is 0 Å². The molecule has 32 heavy (non-hydrogen) atoms. The van der Waals surface area contributed by atoms with E-state index in [0.717, 1.165) is 19.5 Å². The molecule has 2 aliphatic rings. The molecule has 0 aromatic heterocycles. The standard InChI is InChI=1S/C25H26ClN3O3/c1-15-12-16(2)14-28(13-15)23-22(18-4-8-20(9-5-18)27-17(3)30)24(31)29(25(23)32)21-10-6-19(26)7-11-21/h4-11,15-16H,12-14H2,1-3H3,(H,27,30). The van der Waals surface area contributed by atoms with Crippen LogP contribution in [0.2, 0.25) is 5.02 Å². The number of nitrogens with one attached hydrogen (secondary N) is 1. The molecular formula is C25H26ClN3O3. The summed E-state index contributed by atoms with van der Waals surface area (Å²) in [5.41, 5.74) is 2.60. The lowest BCUT2D eigenvalue weighted by Crippen LogP contribution is -2.42. The maximum Gasteiger partial charge on any atom is 0.282 e. The molecule has 0 aliphatic carbocycles. The fourth-order valence-electron chi connectivity index (χ4n) is 4.67. The Morgan fingerprint density at radius 2 is 1.53 bits per heavy atom. The Kier molecular flexibility index (Phi) is 6.07. The maximum atomic E-state index is 13.6. The number of imide groups is 1. The first-order chi connectivity index (χ1) is 15.2. The number of rotatable bonds is 4. The van der Waals surface area contributed by atoms with E-state index in [-0.39, 0.29) is 17.7 Å². The van der Waals surface area contributed by atoms with Crippen LogP contribution < -0.4 is 10.2 Å². The molecule has 2 heterocycles. The molecule has 2 aromatic carbocycles. The van der Waals surface area contributed by atoms with Crippen LogP contribution in [0.4, 0.5) is 11.4 Å². The molecule has 0 bridgehead atoms. The van der Waals surface area contributed by atoms with Crippen molar-refractivity contribution < 1.29 is 14.4 Å². The number of carbonyl (C=O) groups excluding carboxylic acids is 3. The molecule has 3 amide bonds. The molecule has 2 atom stereocenters. The number of hydrogen-bond donors (Lipinski definition) is 1. The lowest BCUT2D eigenvalue weighted by atomic mass is 9.91. The van der Waals surface area contributed by atoms with Gasteiger partial charge in [-0.2, -0.15) is 0 Å². The summed E-state index contributed by atoms with van der Waals surface area (Å²) in [7, 11) is 0. The third-order valence-corrected chi connectivity index (χ3v) is 6.08. The van der Waals surface area contributed by atoms with E-state index >= 15 is 0 Å². The minimum Gasteiger partial charge on any atom is -0.366 e. The van der Waals surface area contributed by atoms with Crippen LogP contribution >= 0.6 is 11.6 Å². The SMILES string of the molecule is CC(=O)Nc1ccc(C2=C(N3CC(C)CC(C)C3)C(=O)N(c3ccc(Cl)cc3)C2=O)cc1. The molecule has 0 radical (unpaired) electrons. The smallest absolute Gasteiger partial charge is 0.282 e. The van der Waals surface area contributed by atoms with E-state index in [1.165, 1.54) is 11.8 Å². The van der Waals surface area contributed by atoms with Crippen LogP contribution in [0.5, 0.6) is 0 Å². The van der Waals surface area contributed by atoms with Gasteiger partial charge in [0.2, 0.25) is 5.91 Å². The van der Waals surface area contributed by atoms with Gasteiger partial charge in [0.1, 0.15) is 5.70 Å². The highest BCUT2D eigenvalue weighted by atomic mass is 35.5. The Balaban J connectivity index is 1.79. The topological polar surface area (TPSA) is 69.7 Å². The number of halogens is 1. The van der Waals surface area contributed by atoms with Crippen molar-refractivity contribution >= 4 is 46.3 Å². The lowest BCUT2D eigenvalue weighted by Gasteiger charge is -2.37. The van der Waals surface area contributed by atoms with Crippen molar-refractivity contribution in [2.24, 2.45) is 11.8 Å². The highest BCUT2D eigenvalue weighted by Gasteiger charge is 2.43. The number of amides is 3. The van der Waals surface area contributed by atoms with Crippen molar-refractivity contribution in [3.8, 4) is 0 Å². The fraction of sp³-hybridized carbons (Fsp3) is 0.320. The van der Waals surface area contributed by atoms with Crippen molar-refractivity contribution in [3.05, 3.63) is 64.8 Å². The normalized spacial score (nSPS) is 21.4. The Bertz CT molecular complexity index is 1080. The van der Waals surface area contributed by atoms with Gasteiger partial charge in [0.05, 0.1) is 11.3 Å². The Hall–Kier alpha value is -3.12. The third-order valence-electron chi connectivity index (χ3n) is 5.82. The third kappa shape index (κ3) is 4.28. The van der Waals surface area contributed by atoms with Crippen LogP contribution in [0.15, 0.2) is 54.2 Å². The zero-order chi connectivity index (χ0) is 23.0. The predicted octanol–water partition coefficient (Wildman–Crippen LogP) is 4.56. The summed E-state index contributed by atoms with van der Waals surface area (Å²) in [6.07, 6.45) is 1.09. The molecule has 6 nitrogen and oxygen atoms in total. The van der Waals surface area contributed by atoms with Gasteiger partial charge in [0.25, 0.3) is 11.8 Å². The first-order valence-corrected chi connectivity index (χ1v) is 11.1. The molecule has 2 unspecified atom stereocenters. The summed E-state index contributed by atoms with van der Waals surface area (Å²) in [6.45, 7) is 7.23. The summed E-state index contributed by atoms with van der Waals surface area (Å²) < 4.78 is 0. The molecule has 1 saturated heterocycles. The Labute approximate surface area is 192 Å². The van der Waals surface area contributed by atoms with E-state index in [9.17, 15) is 14.4 Å².